The first kappa shape index (κ1) is 65.0. The van der Waals surface area contributed by atoms with E-state index in [1.807, 2.05) is 0 Å². The zero-order valence-corrected chi connectivity index (χ0v) is 46.5. The van der Waals surface area contributed by atoms with E-state index in [1.165, 1.54) is 27.6 Å². The number of ether oxygens (including phenoxy) is 6. The Morgan fingerprint density at radius 3 is 1.98 bits per heavy atom. The topological polar surface area (TPSA) is 520 Å². The van der Waals surface area contributed by atoms with E-state index in [1.54, 1.807) is 12.4 Å². The van der Waals surface area contributed by atoms with Crippen molar-refractivity contribution in [2.24, 2.45) is 5.73 Å². The van der Waals surface area contributed by atoms with Gasteiger partial charge in [-0.15, -0.1) is 10.2 Å². The Bertz CT molecular complexity index is 3580. The number of benzene rings is 3. The molecule has 4 aromatic rings. The SMILES string of the molecule is N=c1ccc2c(-c3cc(C(=O)NCc4cn(CCOCCOCCNC(=O)[C@@H](N)Cc5cn(CCOCCOCCNC(=O)CO[C@@H]6O[C@H](CO)[C@@H](O)[C@H](O)[C@H]6O)nn5)nn4)ccc3C(=O)O)c3ccc(N)c(S(=O)(=O)O)c3oc-2c1S(=O)(=O)O. The lowest BCUT2D eigenvalue weighted by molar-refractivity contribution is -0.299. The van der Waals surface area contributed by atoms with E-state index in [4.69, 9.17) is 49.7 Å². The number of carbonyl (C=O) groups excluding carboxylic acids is 3. The summed E-state index contributed by atoms with van der Waals surface area (Å²) in [5.74, 6) is -4.01. The molecule has 0 radical (unpaired) electrons. The van der Waals surface area contributed by atoms with E-state index in [-0.39, 0.29) is 113 Å². The van der Waals surface area contributed by atoms with Gasteiger partial charge in [0.25, 0.3) is 26.1 Å². The van der Waals surface area contributed by atoms with Crippen LogP contribution >= 0.6 is 0 Å². The summed E-state index contributed by atoms with van der Waals surface area (Å²) in [6.07, 6.45) is -4.06. The van der Waals surface area contributed by atoms with Gasteiger partial charge in [0.2, 0.25) is 11.8 Å². The Hall–Kier alpha value is -7.53. The van der Waals surface area contributed by atoms with Crippen LogP contribution in [0.15, 0.2) is 69.1 Å². The number of rotatable bonds is 32. The van der Waals surface area contributed by atoms with Gasteiger partial charge in [-0.3, -0.25) is 28.9 Å². The lowest BCUT2D eigenvalue weighted by Crippen LogP contribution is -2.59. The van der Waals surface area contributed by atoms with Gasteiger partial charge in [-0.2, -0.15) is 16.8 Å². The van der Waals surface area contributed by atoms with Crippen molar-refractivity contribution in [2.45, 2.75) is 72.6 Å². The number of aliphatic hydroxyl groups is 4. The summed E-state index contributed by atoms with van der Waals surface area (Å²) in [5, 5.41) is 80.4. The van der Waals surface area contributed by atoms with Crippen molar-refractivity contribution < 1.29 is 103 Å². The number of anilines is 1. The van der Waals surface area contributed by atoms with Crippen LogP contribution in [0.25, 0.3) is 33.4 Å². The van der Waals surface area contributed by atoms with E-state index in [2.05, 4.69) is 36.6 Å². The molecule has 1 aliphatic carbocycles. The van der Waals surface area contributed by atoms with Gasteiger partial charge in [-0.25, -0.2) is 14.2 Å². The zero-order valence-electron chi connectivity index (χ0n) is 44.9. The number of fused-ring (bicyclic) bond motifs is 2. The van der Waals surface area contributed by atoms with Crippen LogP contribution < -0.4 is 32.8 Å². The van der Waals surface area contributed by atoms with Crippen LogP contribution in [0.4, 0.5) is 5.69 Å². The van der Waals surface area contributed by atoms with Gasteiger partial charge in [0.15, 0.2) is 27.4 Å². The van der Waals surface area contributed by atoms with Crippen molar-refractivity contribution in [1.29, 1.82) is 5.41 Å². The molecule has 36 heteroatoms. The number of nitrogens with two attached hydrogens (primary N) is 2. The van der Waals surface area contributed by atoms with Gasteiger partial charge >= 0.3 is 5.97 Å². The average molecular weight is 1240 g/mol. The molecule has 7 rings (SSSR count). The second-order valence-corrected chi connectivity index (χ2v) is 21.4. The molecule has 1 saturated heterocycles. The summed E-state index contributed by atoms with van der Waals surface area (Å²) >= 11 is 0. The number of nitrogens with one attached hydrogen (secondary N) is 4. The van der Waals surface area contributed by atoms with E-state index in [9.17, 15) is 70.7 Å². The molecule has 85 heavy (non-hydrogen) atoms. The Balaban J connectivity index is 0.763. The molecule has 0 bridgehead atoms. The number of nitrogen functional groups attached to an aromatic ring is 1. The van der Waals surface area contributed by atoms with Crippen LogP contribution in [-0.4, -0.2) is 221 Å². The molecule has 0 spiro atoms. The number of aromatic nitrogens is 6. The molecular weight excluding hydrogens is 1170 g/mol. The lowest BCUT2D eigenvalue weighted by atomic mass is 9.89. The third-order valence-electron chi connectivity index (χ3n) is 12.7. The molecule has 34 nitrogen and oxygen atoms in total. The molecular formula is C49H62N12O22S2. The second kappa shape index (κ2) is 29.5. The molecule has 2 aromatic heterocycles. The predicted molar refractivity (Wildman–Crippen MR) is 287 cm³/mol. The first-order chi connectivity index (χ1) is 40.5. The number of amides is 3. The third kappa shape index (κ3) is 17.1. The smallest absolute Gasteiger partial charge is 0.336 e. The molecule has 2 aliphatic heterocycles. The maximum absolute atomic E-state index is 13.6. The van der Waals surface area contributed by atoms with Gasteiger partial charge in [0.1, 0.15) is 36.7 Å². The first-order valence-electron chi connectivity index (χ1n) is 25.7. The summed E-state index contributed by atoms with van der Waals surface area (Å²) in [5.41, 5.74) is 10.2. The Morgan fingerprint density at radius 1 is 0.741 bits per heavy atom. The minimum Gasteiger partial charge on any atom is -0.478 e. The highest BCUT2D eigenvalue weighted by Gasteiger charge is 2.44. The van der Waals surface area contributed by atoms with Crippen LogP contribution in [0, 0.1) is 5.41 Å². The summed E-state index contributed by atoms with van der Waals surface area (Å²) in [6, 6.07) is 6.94. The highest BCUT2D eigenvalue weighted by Crippen LogP contribution is 2.46. The predicted octanol–water partition coefficient (Wildman–Crippen LogP) is -3.74. The maximum atomic E-state index is 13.6. The fourth-order valence-corrected chi connectivity index (χ4v) is 10.0. The third-order valence-corrected chi connectivity index (χ3v) is 14.5. The number of carboxylic acids is 1. The highest BCUT2D eigenvalue weighted by molar-refractivity contribution is 7.86. The van der Waals surface area contributed by atoms with Gasteiger partial charge in [-0.1, -0.05) is 10.4 Å². The molecule has 2 aromatic carbocycles. The minimum atomic E-state index is -5.26. The van der Waals surface area contributed by atoms with Crippen molar-refractivity contribution >= 4 is 60.6 Å². The lowest BCUT2D eigenvalue weighted by Gasteiger charge is -2.39. The van der Waals surface area contributed by atoms with Crippen molar-refractivity contribution in [2.75, 3.05) is 84.9 Å². The van der Waals surface area contributed by atoms with Gasteiger partial charge in [0.05, 0.1) is 114 Å². The first-order valence-corrected chi connectivity index (χ1v) is 28.6. The summed E-state index contributed by atoms with van der Waals surface area (Å²) < 4.78 is 112. The average Bonchev–Trinajstić information content (AvgIpc) is 1.18. The van der Waals surface area contributed by atoms with Crippen molar-refractivity contribution in [3.05, 3.63) is 82.7 Å². The fourth-order valence-electron chi connectivity index (χ4n) is 8.55. The molecule has 462 valence electrons. The minimum absolute atomic E-state index is 0.121. The monoisotopic (exact) mass is 1230 g/mol. The van der Waals surface area contributed by atoms with Gasteiger partial charge in [0, 0.05) is 47.8 Å². The molecule has 15 N–H and O–H groups in total. The van der Waals surface area contributed by atoms with Crippen LogP contribution in [0.5, 0.6) is 0 Å². The molecule has 3 amide bonds. The number of carboxylic acid groups (broad SMARTS) is 1. The Morgan fingerprint density at radius 2 is 1.35 bits per heavy atom. The number of nitrogens with zero attached hydrogens (tertiary/aromatic N) is 6. The zero-order chi connectivity index (χ0) is 61.6. The number of aromatic carboxylic acids is 1. The van der Waals surface area contributed by atoms with Gasteiger partial charge < -0.3 is 85.8 Å². The van der Waals surface area contributed by atoms with E-state index in [0.717, 1.165) is 24.3 Å². The molecule has 6 atom stereocenters. The number of hydrogen-bond acceptors (Lipinski definition) is 26. The van der Waals surface area contributed by atoms with Crippen molar-refractivity contribution in [3.8, 4) is 22.5 Å². The highest BCUT2D eigenvalue weighted by atomic mass is 32.2. The molecule has 0 saturated carbocycles. The fraction of sp³-hybridized carbons (Fsp3) is 0.449. The van der Waals surface area contributed by atoms with Crippen molar-refractivity contribution in [3.63, 3.8) is 0 Å². The molecule has 1 fully saturated rings. The quantitative estimate of drug-likeness (QED) is 0.00835. The number of aliphatic hydroxyl groups excluding tert-OH is 4. The summed E-state index contributed by atoms with van der Waals surface area (Å²) in [7, 11) is -10.5. The van der Waals surface area contributed by atoms with Crippen LogP contribution in [-0.2, 0) is 84.3 Å². The van der Waals surface area contributed by atoms with Crippen molar-refractivity contribution in [1.82, 2.24) is 45.9 Å². The standard InChI is InChI=1S/C49H62N12O22S2/c50-33-5-3-30-38(31-4-6-34(51)45(85(74,75)76)43(31)83-42(30)44(33)84(71,72)73)32-19-26(1-2-29(32)48(69)70)46(67)55-21-28-23-61(59-57-28)10-14-80-18-16-78-12-8-54-47(68)35(52)20-27-22-60(58-56-27)9-13-79-17-15-77-11-7-53-37(63)25-81-49-41(66)40(65)39(64)36(24-62)82-49/h1-6,19,22-23,35-36,39-41,49-50,62,64-66H,7-18,20-21,24-25,51-52H2,(H,53,63)(H,54,68)(H,55,67)(H,69,70)(H,71,72,73)(H,74,75,76)/t35-,36+,39+,40-,41+,49+/m0/s1. The van der Waals surface area contributed by atoms with Crippen LogP contribution in [0.1, 0.15) is 32.1 Å². The second-order valence-electron chi connectivity index (χ2n) is 18.7. The van der Waals surface area contributed by atoms with E-state index in [0.29, 0.717) is 17.9 Å². The Kier molecular flexibility index (Phi) is 22.6. The largest absolute Gasteiger partial charge is 0.478 e. The van der Waals surface area contributed by atoms with Crippen LogP contribution in [0.2, 0.25) is 0 Å². The molecule has 0 unspecified atom stereocenters. The molecule has 4 heterocycles. The normalized spacial score (nSPS) is 17.7. The van der Waals surface area contributed by atoms with Gasteiger partial charge in [-0.05, 0) is 48.0 Å². The number of carbonyl (C=O) groups is 4. The van der Waals surface area contributed by atoms with Crippen LogP contribution in [0.3, 0.4) is 0 Å². The van der Waals surface area contributed by atoms with E-state index >= 15 is 0 Å². The maximum Gasteiger partial charge on any atom is 0.336 e. The summed E-state index contributed by atoms with van der Waals surface area (Å²) in [6.45, 7) is 1.33. The molecule has 3 aliphatic rings. The summed E-state index contributed by atoms with van der Waals surface area (Å²) in [4.78, 5) is 48.8. The van der Waals surface area contributed by atoms with E-state index < -0.39 is 132 Å². The number of hydrogen-bond donors (Lipinski definition) is 13. The Labute approximate surface area is 482 Å².